The van der Waals surface area contributed by atoms with Crippen molar-refractivity contribution in [2.24, 2.45) is 71.0 Å². The van der Waals surface area contributed by atoms with Gasteiger partial charge in [-0.1, -0.05) is 41.4 Å². The zero-order chi connectivity index (χ0) is 59.5. The molecule has 0 saturated heterocycles. The first-order valence-corrected chi connectivity index (χ1v) is 34.4. The molecule has 6 aromatic carbocycles. The van der Waals surface area contributed by atoms with Gasteiger partial charge in [0.1, 0.15) is 40.4 Å². The minimum atomic E-state index is -0.285. The van der Waals surface area contributed by atoms with Gasteiger partial charge in [0.25, 0.3) is 0 Å². The summed E-state index contributed by atoms with van der Waals surface area (Å²) in [5.41, 5.74) is 11.2. The molecule has 0 unspecified atom stereocenters. The Bertz CT molecular complexity index is 3480. The molecule has 454 valence electrons. The molecule has 16 bridgehead atoms. The molecule has 0 amide bonds. The Morgan fingerprint density at radius 3 is 0.909 bits per heavy atom. The molecule has 6 heteroatoms. The fraction of sp³-hybridized carbons (Fsp3) is 0.512. The van der Waals surface area contributed by atoms with Crippen LogP contribution in [0.15, 0.2) is 121 Å². The summed E-state index contributed by atoms with van der Waals surface area (Å²) < 4.78 is 38.4. The van der Waals surface area contributed by atoms with Gasteiger partial charge >= 0.3 is 0 Å². The second-order valence-corrected chi connectivity index (χ2v) is 31.7. The maximum absolute atomic E-state index is 12.6. The first-order chi connectivity index (χ1) is 42.7. The maximum atomic E-state index is 12.6. The third-order valence-electron chi connectivity index (χ3n) is 25.4. The van der Waals surface area contributed by atoms with E-state index in [1.807, 2.05) is 7.11 Å². The molecule has 0 aliphatic heterocycles. The Balaban J connectivity index is 0.000000120. The summed E-state index contributed by atoms with van der Waals surface area (Å²) in [4.78, 5) is 0. The van der Waals surface area contributed by atoms with Crippen LogP contribution in [0, 0.1) is 113 Å². The average molecular weight is 1180 g/mol. The van der Waals surface area contributed by atoms with Gasteiger partial charge in [-0.05, 0) is 351 Å². The minimum Gasteiger partial charge on any atom is -0.508 e. The van der Waals surface area contributed by atoms with Crippen molar-refractivity contribution in [1.29, 1.82) is 0 Å². The largest absolute Gasteiger partial charge is 0.508 e. The minimum absolute atomic E-state index is 0.198. The molecule has 16 fully saturated rings. The van der Waals surface area contributed by atoms with Crippen LogP contribution in [-0.4, -0.2) is 17.3 Å². The molecule has 0 radical (unpaired) electrons. The fourth-order valence-corrected chi connectivity index (χ4v) is 23.6. The van der Waals surface area contributed by atoms with Crippen LogP contribution in [0.2, 0.25) is 0 Å². The van der Waals surface area contributed by atoms with Crippen molar-refractivity contribution in [2.75, 3.05) is 7.11 Å². The molecule has 16 saturated carbocycles. The highest BCUT2D eigenvalue weighted by molar-refractivity contribution is 5.57. The van der Waals surface area contributed by atoms with Crippen LogP contribution in [-0.2, 0) is 21.7 Å². The van der Waals surface area contributed by atoms with E-state index in [1.165, 1.54) is 206 Å². The van der Waals surface area contributed by atoms with E-state index in [0.29, 0.717) is 16.9 Å². The summed E-state index contributed by atoms with van der Waals surface area (Å²) in [5, 5.41) is 22.0. The van der Waals surface area contributed by atoms with Crippen molar-refractivity contribution in [3.63, 3.8) is 0 Å². The summed E-state index contributed by atoms with van der Waals surface area (Å²) in [6, 6.07) is 37.7. The number of benzene rings is 6. The first kappa shape index (κ1) is 56.7. The summed E-state index contributed by atoms with van der Waals surface area (Å²) in [7, 11) is 1.88. The van der Waals surface area contributed by atoms with Crippen molar-refractivity contribution in [1.82, 2.24) is 0 Å². The second kappa shape index (κ2) is 22.2. The van der Waals surface area contributed by atoms with Crippen LogP contribution in [0.25, 0.3) is 0 Å². The lowest BCUT2D eigenvalue weighted by molar-refractivity contribution is -0.00983. The van der Waals surface area contributed by atoms with Crippen LogP contribution in [0.5, 0.6) is 28.7 Å². The van der Waals surface area contributed by atoms with Crippen molar-refractivity contribution in [3.05, 3.63) is 183 Å². The SMILES string of the molecule is COc1cc(Oc2ccc(C#Cc3ccc(C)cc3)cc2)c(C23CC4CC(CC(C4)C2)C3)cc1C12CC3CC(CC(C3)C1)C2.Fc1ccc(C#Cc2ccc(F)cc2)cc1.Oc1cc(O)c(C23CC4CC(CC(C4)C2)C3)cc1C12CC3CC(CC(C3)C1)C2. The zero-order valence-electron chi connectivity index (χ0n) is 51.9. The van der Waals surface area contributed by atoms with E-state index >= 15 is 0 Å². The van der Waals surface area contributed by atoms with Gasteiger partial charge in [0.2, 0.25) is 0 Å². The Morgan fingerprint density at radius 2 is 0.602 bits per heavy atom. The molecule has 0 spiro atoms. The van der Waals surface area contributed by atoms with Crippen LogP contribution in [0.1, 0.15) is 204 Å². The van der Waals surface area contributed by atoms with Crippen LogP contribution in [0.3, 0.4) is 0 Å². The molecule has 0 aromatic heterocycles. The molecule has 22 rings (SSSR count). The number of aromatic hydroxyl groups is 2. The number of aryl methyl sites for hydroxylation is 1. The van der Waals surface area contributed by atoms with E-state index in [9.17, 15) is 19.0 Å². The van der Waals surface area contributed by atoms with Gasteiger partial charge in [-0.15, -0.1) is 0 Å². The average Bonchev–Trinajstić information content (AvgIpc) is 0.739. The summed E-state index contributed by atoms with van der Waals surface area (Å²) >= 11 is 0. The van der Waals surface area contributed by atoms with Gasteiger partial charge in [-0.2, -0.15) is 0 Å². The highest BCUT2D eigenvalue weighted by Gasteiger charge is 2.58. The van der Waals surface area contributed by atoms with Gasteiger partial charge in [-0.3, -0.25) is 0 Å². The lowest BCUT2D eigenvalue weighted by Crippen LogP contribution is -2.50. The predicted molar refractivity (Wildman–Crippen MR) is 345 cm³/mol. The maximum Gasteiger partial charge on any atom is 0.134 e. The van der Waals surface area contributed by atoms with Crippen LogP contribution in [0.4, 0.5) is 8.78 Å². The molecule has 0 heterocycles. The molecule has 16 aliphatic rings. The van der Waals surface area contributed by atoms with Crippen molar-refractivity contribution in [3.8, 4) is 52.4 Å². The van der Waals surface area contributed by atoms with E-state index in [1.54, 1.807) is 30.3 Å². The van der Waals surface area contributed by atoms with Crippen LogP contribution >= 0.6 is 0 Å². The number of rotatable bonds is 7. The standard InChI is InChI=1S/C42H46O2.C26H34O2.C14H8F2/c1-27-3-5-28(6-4-27)7-8-29-9-11-36(12-10-29)44-40-20-39(43-2)37(41-21-30-13-31(22-41)15-32(14-30)23-41)19-38(40)42-24-33-16-34(25-42)18-35(17-33)26-42;27-23-8-24(28)22(26-12-18-4-19(13-26)6-20(5-18)14-26)7-21(23)25-9-15-1-16(10-25)3-17(2-15)11-25;15-13-7-3-11(4-8-13)1-2-12-5-9-14(16)10-6-12/h3-6,9-12,19-20,30-35H,13-18,21-26H2,1-2H3;7-8,15-20,27-28H,1-6,9-14H2;3-10H. The summed E-state index contributed by atoms with van der Waals surface area (Å²) in [6.45, 7) is 2.11. The van der Waals surface area contributed by atoms with E-state index < -0.39 is 0 Å². The molecule has 88 heavy (non-hydrogen) atoms. The lowest BCUT2D eigenvalue weighted by Gasteiger charge is -2.58. The van der Waals surface area contributed by atoms with Gasteiger partial charge in [-0.25, -0.2) is 8.78 Å². The fourth-order valence-electron chi connectivity index (χ4n) is 23.6. The quantitative estimate of drug-likeness (QED) is 0.156. The highest BCUT2D eigenvalue weighted by Crippen LogP contribution is 2.68. The summed E-state index contributed by atoms with van der Waals surface area (Å²) in [6.07, 6.45) is 33.1. The number of methoxy groups -OCH3 is 1. The molecule has 2 N–H and O–H groups in total. The van der Waals surface area contributed by atoms with Gasteiger partial charge in [0.05, 0.1) is 7.11 Å². The Kier molecular flexibility index (Phi) is 14.3. The van der Waals surface area contributed by atoms with E-state index in [0.717, 1.165) is 111 Å². The Morgan fingerprint density at radius 1 is 0.341 bits per heavy atom. The van der Waals surface area contributed by atoms with Crippen LogP contribution < -0.4 is 9.47 Å². The van der Waals surface area contributed by atoms with Crippen molar-refractivity contribution >= 4 is 0 Å². The first-order valence-electron chi connectivity index (χ1n) is 34.4. The molecule has 4 nitrogen and oxygen atoms in total. The molecular weight excluding hydrogens is 1090 g/mol. The van der Waals surface area contributed by atoms with E-state index in [4.69, 9.17) is 9.47 Å². The molecular formula is C82H88F2O4. The topological polar surface area (TPSA) is 58.9 Å². The number of phenols is 2. The van der Waals surface area contributed by atoms with E-state index in [-0.39, 0.29) is 27.9 Å². The number of ether oxygens (including phenoxy) is 2. The monoisotopic (exact) mass is 1170 g/mol. The Hall–Kier alpha value is -6.50. The number of halogens is 2. The van der Waals surface area contributed by atoms with Gasteiger partial charge < -0.3 is 19.7 Å². The van der Waals surface area contributed by atoms with E-state index in [2.05, 4.69) is 97.3 Å². The molecule has 0 atom stereocenters. The lowest BCUT2D eigenvalue weighted by atomic mass is 9.46. The summed E-state index contributed by atoms with van der Waals surface area (Å²) in [5.74, 6) is 26.3. The number of hydrogen-bond acceptors (Lipinski definition) is 4. The number of hydrogen-bond donors (Lipinski definition) is 2. The second-order valence-electron chi connectivity index (χ2n) is 31.7. The Labute approximate surface area is 522 Å². The number of phenolic OH excluding ortho intramolecular Hbond substituents is 2. The highest BCUT2D eigenvalue weighted by atomic mass is 19.1. The molecule has 6 aromatic rings. The van der Waals surface area contributed by atoms with Crippen molar-refractivity contribution in [2.45, 2.75) is 183 Å². The zero-order valence-corrected chi connectivity index (χ0v) is 51.9. The van der Waals surface area contributed by atoms with Gasteiger partial charge in [0, 0.05) is 56.6 Å². The molecule has 16 aliphatic carbocycles. The smallest absolute Gasteiger partial charge is 0.134 e. The van der Waals surface area contributed by atoms with Crippen molar-refractivity contribution < 1.29 is 28.5 Å². The predicted octanol–water partition coefficient (Wildman–Crippen LogP) is 19.5. The van der Waals surface area contributed by atoms with Gasteiger partial charge in [0.15, 0.2) is 0 Å². The third-order valence-corrected chi connectivity index (χ3v) is 25.4. The third kappa shape index (κ3) is 10.7. The normalized spacial score (nSPS) is 35.6.